The molecule has 2 aliphatic carbocycles. The van der Waals surface area contributed by atoms with Crippen LogP contribution in [0.5, 0.6) is 0 Å². The van der Waals surface area contributed by atoms with E-state index in [4.69, 9.17) is 0 Å². The molecule has 3 heteroatoms. The second-order valence-electron chi connectivity index (χ2n) is 6.27. The molecular formula is C20H17Cl2Zr. The SMILES string of the molecule is C1=CCC(c2cccc3c2[CH]([Zr+2]2[CH2][CH2]2)c2ccccc2-3)=C1.[Cl-].[Cl-]. The van der Waals surface area contributed by atoms with Crippen LogP contribution in [0.3, 0.4) is 0 Å². The summed E-state index contributed by atoms with van der Waals surface area (Å²) in [6.07, 6.45) is 7.92. The van der Waals surface area contributed by atoms with E-state index in [9.17, 15) is 0 Å². The zero-order valence-electron chi connectivity index (χ0n) is 12.7. The van der Waals surface area contributed by atoms with Crippen LogP contribution in [0.2, 0.25) is 8.26 Å². The van der Waals surface area contributed by atoms with Gasteiger partial charge in [0.2, 0.25) is 0 Å². The molecule has 1 aliphatic heterocycles. The first-order valence-electron chi connectivity index (χ1n) is 7.86. The minimum atomic E-state index is -1.16. The third kappa shape index (κ3) is 2.72. The number of halogens is 2. The second kappa shape index (κ2) is 6.71. The van der Waals surface area contributed by atoms with E-state index in [1.807, 2.05) is 0 Å². The Bertz CT molecular complexity index is 803. The molecule has 3 aliphatic rings. The first kappa shape index (κ1) is 17.2. The normalized spacial score (nSPS) is 19.4. The monoisotopic (exact) mass is 417 g/mol. The summed E-state index contributed by atoms with van der Waals surface area (Å²) in [5, 5.41) is 0. The van der Waals surface area contributed by atoms with Gasteiger partial charge in [-0.25, -0.2) is 0 Å². The maximum atomic E-state index is 2.40. The van der Waals surface area contributed by atoms with Crippen molar-refractivity contribution >= 4 is 5.57 Å². The molecule has 23 heavy (non-hydrogen) atoms. The van der Waals surface area contributed by atoms with Gasteiger partial charge in [-0.05, 0) is 0 Å². The van der Waals surface area contributed by atoms with Gasteiger partial charge in [-0.15, -0.1) is 0 Å². The first-order chi connectivity index (χ1) is 10.4. The van der Waals surface area contributed by atoms with E-state index in [2.05, 4.69) is 60.7 Å². The molecule has 1 fully saturated rings. The van der Waals surface area contributed by atoms with Gasteiger partial charge in [0.25, 0.3) is 0 Å². The Labute approximate surface area is 158 Å². The number of rotatable bonds is 2. The molecule has 1 heterocycles. The molecule has 5 rings (SSSR count). The molecule has 2 aromatic carbocycles. The van der Waals surface area contributed by atoms with Crippen molar-refractivity contribution in [3.8, 4) is 11.1 Å². The fraction of sp³-hybridized carbons (Fsp3) is 0.200. The fourth-order valence-corrected chi connectivity index (χ4v) is 11.3. The number of hydrogen-bond donors (Lipinski definition) is 0. The van der Waals surface area contributed by atoms with Crippen molar-refractivity contribution in [1.82, 2.24) is 0 Å². The summed E-state index contributed by atoms with van der Waals surface area (Å²) >= 11 is -1.16. The van der Waals surface area contributed by atoms with Crippen LogP contribution < -0.4 is 24.8 Å². The molecule has 0 saturated carbocycles. The van der Waals surface area contributed by atoms with Gasteiger partial charge in [0.15, 0.2) is 0 Å². The number of hydrogen-bond acceptors (Lipinski definition) is 0. The van der Waals surface area contributed by atoms with Gasteiger partial charge in [0.05, 0.1) is 0 Å². The zero-order chi connectivity index (χ0) is 13.8. The van der Waals surface area contributed by atoms with Gasteiger partial charge in [0.1, 0.15) is 0 Å². The minimum Gasteiger partial charge on any atom is -1.00 e. The number of allylic oxidation sites excluding steroid dienone is 4. The van der Waals surface area contributed by atoms with Crippen LogP contribution in [0.4, 0.5) is 0 Å². The first-order valence-corrected chi connectivity index (χ1v) is 12.8. The summed E-state index contributed by atoms with van der Waals surface area (Å²) in [5.74, 6) is 0. The summed E-state index contributed by atoms with van der Waals surface area (Å²) in [5.41, 5.74) is 9.46. The minimum absolute atomic E-state index is 0. The molecule has 0 bridgehead atoms. The summed E-state index contributed by atoms with van der Waals surface area (Å²) in [6.45, 7) is 0. The van der Waals surface area contributed by atoms with E-state index in [0.717, 1.165) is 10.0 Å². The van der Waals surface area contributed by atoms with E-state index in [1.165, 1.54) is 16.7 Å². The average molecular weight is 419 g/mol. The maximum absolute atomic E-state index is 2.40. The molecular weight excluding hydrogens is 402 g/mol. The van der Waals surface area contributed by atoms with Gasteiger partial charge in [-0.2, -0.15) is 0 Å². The predicted molar refractivity (Wildman–Crippen MR) is 85.1 cm³/mol. The summed E-state index contributed by atoms with van der Waals surface area (Å²) < 4.78 is 4.01. The summed E-state index contributed by atoms with van der Waals surface area (Å²) in [4.78, 5) is 0. The molecule has 1 saturated heterocycles. The van der Waals surface area contributed by atoms with E-state index in [0.29, 0.717) is 0 Å². The van der Waals surface area contributed by atoms with E-state index in [-0.39, 0.29) is 24.8 Å². The van der Waals surface area contributed by atoms with Crippen molar-refractivity contribution in [3.05, 3.63) is 77.4 Å². The van der Waals surface area contributed by atoms with Crippen LogP contribution in [0.15, 0.2) is 60.7 Å². The van der Waals surface area contributed by atoms with Crippen LogP contribution in [0.25, 0.3) is 16.7 Å². The molecule has 115 valence electrons. The molecule has 0 spiro atoms. The van der Waals surface area contributed by atoms with Crippen molar-refractivity contribution in [1.29, 1.82) is 0 Å². The van der Waals surface area contributed by atoms with Crippen LogP contribution in [-0.4, -0.2) is 0 Å². The van der Waals surface area contributed by atoms with Crippen molar-refractivity contribution in [3.63, 3.8) is 0 Å². The molecule has 0 aromatic heterocycles. The third-order valence-corrected chi connectivity index (χ3v) is 11.2. The quantitative estimate of drug-likeness (QED) is 0.620. The topological polar surface area (TPSA) is 0 Å². The van der Waals surface area contributed by atoms with Crippen LogP contribution in [0.1, 0.15) is 26.7 Å². The van der Waals surface area contributed by atoms with E-state index < -0.39 is 21.8 Å². The molecule has 1 unspecified atom stereocenters. The number of fused-ring (bicyclic) bond motifs is 3. The Kier molecular flexibility index (Phi) is 5.02. The van der Waals surface area contributed by atoms with Crippen LogP contribution in [0, 0.1) is 0 Å². The van der Waals surface area contributed by atoms with Crippen molar-refractivity contribution in [2.75, 3.05) is 0 Å². The Hall–Kier alpha value is -0.617. The second-order valence-corrected chi connectivity index (χ2v) is 13.4. The average Bonchev–Trinajstić information content (AvgIpc) is 3.11. The molecule has 0 N–H and O–H groups in total. The smallest absolute Gasteiger partial charge is 1.00 e. The van der Waals surface area contributed by atoms with Gasteiger partial charge >= 0.3 is 134 Å². The van der Waals surface area contributed by atoms with Crippen LogP contribution in [-0.2, 0) is 21.8 Å². The van der Waals surface area contributed by atoms with Gasteiger partial charge < -0.3 is 24.8 Å². The Morgan fingerprint density at radius 3 is 2.30 bits per heavy atom. The van der Waals surface area contributed by atoms with Crippen molar-refractivity contribution < 1.29 is 46.6 Å². The maximum Gasteiger partial charge on any atom is -1.00 e. The van der Waals surface area contributed by atoms with E-state index in [1.54, 1.807) is 24.9 Å². The molecule has 0 radical (unpaired) electrons. The predicted octanol–water partition coefficient (Wildman–Crippen LogP) is -0.424. The number of benzene rings is 2. The molecule has 0 nitrogen and oxygen atoms in total. The summed E-state index contributed by atoms with van der Waals surface area (Å²) in [6, 6.07) is 16.2. The zero-order valence-corrected chi connectivity index (χ0v) is 16.7. The van der Waals surface area contributed by atoms with E-state index >= 15 is 0 Å². The Morgan fingerprint density at radius 1 is 0.826 bits per heavy atom. The van der Waals surface area contributed by atoms with Crippen molar-refractivity contribution in [2.24, 2.45) is 0 Å². The summed E-state index contributed by atoms with van der Waals surface area (Å²) in [7, 11) is 0. The molecule has 1 atom stereocenters. The van der Waals surface area contributed by atoms with Gasteiger partial charge in [-0.1, -0.05) is 0 Å². The van der Waals surface area contributed by atoms with Crippen molar-refractivity contribution in [2.45, 2.75) is 18.3 Å². The molecule has 2 aromatic rings. The molecule has 0 amide bonds. The Balaban J connectivity index is 0.000000781. The third-order valence-electron chi connectivity index (χ3n) is 5.02. The standard InChI is InChI=1S/C18H13.C2H4.2ClH.Zr/c1-2-7-13(6-1)15-10-5-11-17-16-9-4-3-8-14(16)12-18(15)17;1-2;;;/h1-6,8-12H,7H2;1-2H2;2*1H;/q;;;;+2/p-2. The van der Waals surface area contributed by atoms with Crippen LogP contribution >= 0.6 is 0 Å². The Morgan fingerprint density at radius 2 is 1.57 bits per heavy atom. The largest absolute Gasteiger partial charge is 1.00 e. The van der Waals surface area contributed by atoms with Gasteiger partial charge in [-0.3, -0.25) is 0 Å². The fourth-order valence-electron chi connectivity index (χ4n) is 3.97. The van der Waals surface area contributed by atoms with Gasteiger partial charge in [0, 0.05) is 0 Å².